The first-order chi connectivity index (χ1) is 13.7. The minimum Gasteiger partial charge on any atom is -0.461 e. The lowest BCUT2D eigenvalue weighted by molar-refractivity contribution is -0.144. The van der Waals surface area contributed by atoms with Crippen molar-refractivity contribution in [1.29, 1.82) is 0 Å². The second-order valence-electron chi connectivity index (χ2n) is 6.45. The zero-order chi connectivity index (χ0) is 19.3. The number of esters is 1. The van der Waals surface area contributed by atoms with E-state index in [0.29, 0.717) is 16.5 Å². The predicted molar refractivity (Wildman–Crippen MR) is 108 cm³/mol. The largest absolute Gasteiger partial charge is 0.461 e. The summed E-state index contributed by atoms with van der Waals surface area (Å²) in [5.41, 5.74) is 3.39. The zero-order valence-electron chi connectivity index (χ0n) is 15.1. The number of hydrogen-bond acceptors (Lipinski definition) is 4. The fraction of sp³-hybridized carbons (Fsp3) is 0.0870. The summed E-state index contributed by atoms with van der Waals surface area (Å²) < 4.78 is 5.39. The lowest BCUT2D eigenvalue weighted by Gasteiger charge is -2.07. The molecular weight excluding hydrogens is 352 g/mol. The lowest BCUT2D eigenvalue weighted by atomic mass is 10.0. The molecule has 0 aliphatic heterocycles. The number of aromatic nitrogens is 2. The second-order valence-corrected chi connectivity index (χ2v) is 6.45. The van der Waals surface area contributed by atoms with E-state index in [1.54, 1.807) is 18.2 Å². The first kappa shape index (κ1) is 17.7. The molecule has 0 saturated heterocycles. The number of nitrogens with one attached hydrogen (secondary N) is 1. The predicted octanol–water partition coefficient (Wildman–Crippen LogP) is 3.88. The van der Waals surface area contributed by atoms with E-state index in [2.05, 4.69) is 22.3 Å². The Morgan fingerprint density at radius 2 is 1.46 bits per heavy atom. The molecule has 0 aliphatic rings. The molecule has 0 radical (unpaired) electrons. The van der Waals surface area contributed by atoms with Gasteiger partial charge in [0.1, 0.15) is 6.61 Å². The number of aromatic amines is 1. The molecule has 28 heavy (non-hydrogen) atoms. The third kappa shape index (κ3) is 3.83. The Morgan fingerprint density at radius 1 is 0.821 bits per heavy atom. The van der Waals surface area contributed by atoms with Gasteiger partial charge in [0.2, 0.25) is 0 Å². The molecular formula is C23H18N2O3. The van der Waals surface area contributed by atoms with Crippen LogP contribution in [0.3, 0.4) is 0 Å². The minimum atomic E-state index is -0.392. The Bertz CT molecular complexity index is 1170. The molecule has 0 atom stereocenters. The van der Waals surface area contributed by atoms with Gasteiger partial charge in [-0.25, -0.2) is 5.10 Å². The van der Waals surface area contributed by atoms with Crippen LogP contribution in [-0.2, 0) is 22.6 Å². The summed E-state index contributed by atoms with van der Waals surface area (Å²) in [5.74, 6) is -0.392. The van der Waals surface area contributed by atoms with E-state index >= 15 is 0 Å². The van der Waals surface area contributed by atoms with E-state index in [1.165, 1.54) is 0 Å². The monoisotopic (exact) mass is 370 g/mol. The van der Waals surface area contributed by atoms with Gasteiger partial charge in [-0.3, -0.25) is 9.59 Å². The van der Waals surface area contributed by atoms with E-state index in [-0.39, 0.29) is 18.6 Å². The molecule has 0 amide bonds. The van der Waals surface area contributed by atoms with Crippen LogP contribution in [0.2, 0.25) is 0 Å². The van der Waals surface area contributed by atoms with Crippen LogP contribution in [0.1, 0.15) is 11.3 Å². The molecule has 4 aromatic rings. The molecule has 1 aromatic heterocycles. The molecule has 3 aromatic carbocycles. The van der Waals surface area contributed by atoms with Crippen molar-refractivity contribution in [3.63, 3.8) is 0 Å². The van der Waals surface area contributed by atoms with Gasteiger partial charge in [-0.1, -0.05) is 72.8 Å². The molecule has 138 valence electrons. The number of ether oxygens (including phenoxy) is 1. The number of rotatable bonds is 5. The quantitative estimate of drug-likeness (QED) is 0.541. The molecule has 5 nitrogen and oxygen atoms in total. The van der Waals surface area contributed by atoms with Crippen LogP contribution in [0.25, 0.3) is 21.9 Å². The summed E-state index contributed by atoms with van der Waals surface area (Å²) in [5, 5.41) is 7.61. The molecule has 0 bridgehead atoms. The van der Waals surface area contributed by atoms with Gasteiger partial charge in [0.25, 0.3) is 5.56 Å². The summed E-state index contributed by atoms with van der Waals surface area (Å²) in [4.78, 5) is 24.1. The maximum Gasteiger partial charge on any atom is 0.312 e. The SMILES string of the molecule is O=C(Cc1n[nH]c(=O)c2ccccc12)OCc1ccc(-c2ccccc2)cc1. The number of fused-ring (bicyclic) bond motifs is 1. The summed E-state index contributed by atoms with van der Waals surface area (Å²) in [6.45, 7) is 0.190. The molecule has 0 saturated carbocycles. The van der Waals surface area contributed by atoms with Crippen LogP contribution >= 0.6 is 0 Å². The maximum absolute atomic E-state index is 12.2. The minimum absolute atomic E-state index is 0.000603. The van der Waals surface area contributed by atoms with Crippen molar-refractivity contribution in [1.82, 2.24) is 10.2 Å². The standard InChI is InChI=1S/C23H18N2O3/c26-22(14-21-19-8-4-5-9-20(19)23(27)25-24-21)28-15-16-10-12-18(13-11-16)17-6-2-1-3-7-17/h1-13H,14-15H2,(H,25,27). The van der Waals surface area contributed by atoms with Crippen molar-refractivity contribution >= 4 is 16.7 Å². The van der Waals surface area contributed by atoms with Gasteiger partial charge in [-0.2, -0.15) is 5.10 Å². The molecule has 0 fully saturated rings. The summed E-state index contributed by atoms with van der Waals surface area (Å²) in [6, 6.07) is 25.1. The average molecular weight is 370 g/mol. The number of H-pyrrole nitrogens is 1. The lowest BCUT2D eigenvalue weighted by Crippen LogP contribution is -2.15. The van der Waals surface area contributed by atoms with Gasteiger partial charge in [0, 0.05) is 5.39 Å². The number of hydrogen-bond donors (Lipinski definition) is 1. The summed E-state index contributed by atoms with van der Waals surface area (Å²) >= 11 is 0. The van der Waals surface area contributed by atoms with Crippen LogP contribution in [0.4, 0.5) is 0 Å². The Hall–Kier alpha value is -3.73. The third-order valence-corrected chi connectivity index (χ3v) is 4.55. The zero-order valence-corrected chi connectivity index (χ0v) is 15.1. The van der Waals surface area contributed by atoms with Crippen molar-refractivity contribution in [2.24, 2.45) is 0 Å². The highest BCUT2D eigenvalue weighted by atomic mass is 16.5. The summed E-state index contributed by atoms with van der Waals surface area (Å²) in [7, 11) is 0. The molecule has 1 heterocycles. The van der Waals surface area contributed by atoms with Crippen molar-refractivity contribution in [2.75, 3.05) is 0 Å². The molecule has 4 rings (SSSR count). The van der Waals surface area contributed by atoms with E-state index < -0.39 is 5.97 Å². The molecule has 0 unspecified atom stereocenters. The van der Waals surface area contributed by atoms with Crippen molar-refractivity contribution in [3.8, 4) is 11.1 Å². The number of carbonyl (C=O) groups is 1. The number of nitrogens with zero attached hydrogens (tertiary/aromatic N) is 1. The molecule has 0 spiro atoms. The van der Waals surface area contributed by atoms with Gasteiger partial charge in [-0.15, -0.1) is 0 Å². The Morgan fingerprint density at radius 3 is 2.21 bits per heavy atom. The van der Waals surface area contributed by atoms with Gasteiger partial charge in [-0.05, 0) is 22.8 Å². The first-order valence-electron chi connectivity index (χ1n) is 8.97. The third-order valence-electron chi connectivity index (χ3n) is 4.55. The van der Waals surface area contributed by atoms with Crippen LogP contribution in [-0.4, -0.2) is 16.2 Å². The highest BCUT2D eigenvalue weighted by molar-refractivity contribution is 5.86. The number of benzene rings is 3. The van der Waals surface area contributed by atoms with Gasteiger partial charge in [0.05, 0.1) is 17.5 Å². The Labute approximate surface area is 161 Å². The second kappa shape index (κ2) is 7.88. The van der Waals surface area contributed by atoms with Crippen molar-refractivity contribution in [2.45, 2.75) is 13.0 Å². The van der Waals surface area contributed by atoms with Crippen LogP contribution in [0, 0.1) is 0 Å². The van der Waals surface area contributed by atoms with E-state index in [4.69, 9.17) is 4.74 Å². The van der Waals surface area contributed by atoms with Gasteiger partial charge >= 0.3 is 5.97 Å². The van der Waals surface area contributed by atoms with E-state index in [0.717, 1.165) is 16.7 Å². The molecule has 1 N–H and O–H groups in total. The van der Waals surface area contributed by atoms with Crippen LogP contribution in [0.15, 0.2) is 83.7 Å². The maximum atomic E-state index is 12.2. The topological polar surface area (TPSA) is 72.0 Å². The highest BCUT2D eigenvalue weighted by Crippen LogP contribution is 2.19. The van der Waals surface area contributed by atoms with Gasteiger partial charge in [0.15, 0.2) is 0 Å². The molecule has 0 aliphatic carbocycles. The smallest absolute Gasteiger partial charge is 0.312 e. The van der Waals surface area contributed by atoms with Gasteiger partial charge < -0.3 is 4.74 Å². The summed E-state index contributed by atoms with van der Waals surface area (Å²) in [6.07, 6.45) is -0.000603. The Kier molecular flexibility index (Phi) is 4.97. The fourth-order valence-corrected chi connectivity index (χ4v) is 3.08. The first-order valence-corrected chi connectivity index (χ1v) is 8.97. The van der Waals surface area contributed by atoms with E-state index in [9.17, 15) is 9.59 Å². The fourth-order valence-electron chi connectivity index (χ4n) is 3.08. The van der Waals surface area contributed by atoms with Crippen LogP contribution < -0.4 is 5.56 Å². The Balaban J connectivity index is 1.41. The van der Waals surface area contributed by atoms with Crippen molar-refractivity contribution < 1.29 is 9.53 Å². The normalized spacial score (nSPS) is 10.7. The molecule has 5 heteroatoms. The van der Waals surface area contributed by atoms with Crippen LogP contribution in [0.5, 0.6) is 0 Å². The van der Waals surface area contributed by atoms with E-state index in [1.807, 2.05) is 48.5 Å². The van der Waals surface area contributed by atoms with Crippen molar-refractivity contribution in [3.05, 3.63) is 100 Å². The highest BCUT2D eigenvalue weighted by Gasteiger charge is 2.12. The average Bonchev–Trinajstić information content (AvgIpc) is 2.75. The number of carbonyl (C=O) groups excluding carboxylic acids is 1.